The van der Waals surface area contributed by atoms with Gasteiger partial charge in [0.15, 0.2) is 6.10 Å². The number of hydrogen-bond donors (Lipinski definition) is 3. The summed E-state index contributed by atoms with van der Waals surface area (Å²) in [5.74, 6) is -0.334. The number of aliphatic hydroxyl groups is 1. The van der Waals surface area contributed by atoms with Crippen molar-refractivity contribution in [2.75, 3.05) is 19.0 Å². The molecule has 3 N–H and O–H groups in total. The fraction of sp³-hybridized carbons (Fsp3) is 0.235. The van der Waals surface area contributed by atoms with Gasteiger partial charge >= 0.3 is 5.97 Å². The number of benzene rings is 2. The van der Waals surface area contributed by atoms with Crippen LogP contribution in [0.15, 0.2) is 54.6 Å². The zero-order chi connectivity index (χ0) is 16.4. The van der Waals surface area contributed by atoms with Crippen LogP contribution in [0.5, 0.6) is 5.75 Å². The van der Waals surface area contributed by atoms with E-state index in [-0.39, 0.29) is 0 Å². The van der Waals surface area contributed by atoms with Crippen LogP contribution in [0.2, 0.25) is 0 Å². The first kappa shape index (κ1) is 17.5. The Balaban J connectivity index is 0.000000220. The lowest BCUT2D eigenvalue weighted by Crippen LogP contribution is -2.09. The summed E-state index contributed by atoms with van der Waals surface area (Å²) in [6.45, 7) is 3.01. The zero-order valence-corrected chi connectivity index (χ0v) is 12.7. The summed E-state index contributed by atoms with van der Waals surface area (Å²) in [4.78, 5) is 10.2. The number of anilines is 1. The molecule has 0 spiro atoms. The van der Waals surface area contributed by atoms with Crippen molar-refractivity contribution in [1.29, 1.82) is 0 Å². The van der Waals surface area contributed by atoms with Gasteiger partial charge in [-0.15, -0.1) is 0 Å². The van der Waals surface area contributed by atoms with Crippen molar-refractivity contribution in [2.24, 2.45) is 0 Å². The first-order valence-corrected chi connectivity index (χ1v) is 6.92. The van der Waals surface area contributed by atoms with Gasteiger partial charge in [0.1, 0.15) is 5.75 Å². The molecule has 0 saturated carbocycles. The van der Waals surface area contributed by atoms with E-state index in [2.05, 4.69) is 12.2 Å². The molecule has 0 saturated heterocycles. The number of carbonyl (C=O) groups is 1. The van der Waals surface area contributed by atoms with Crippen LogP contribution in [0.3, 0.4) is 0 Å². The van der Waals surface area contributed by atoms with E-state index in [0.29, 0.717) is 5.56 Å². The monoisotopic (exact) mass is 303 g/mol. The molecular formula is C17H21NO4. The Morgan fingerprint density at radius 2 is 1.86 bits per heavy atom. The summed E-state index contributed by atoms with van der Waals surface area (Å²) >= 11 is 0. The molecule has 118 valence electrons. The van der Waals surface area contributed by atoms with Crippen molar-refractivity contribution in [3.05, 3.63) is 60.2 Å². The van der Waals surface area contributed by atoms with Crippen LogP contribution in [0.1, 0.15) is 18.6 Å². The van der Waals surface area contributed by atoms with E-state index in [1.54, 1.807) is 37.4 Å². The lowest BCUT2D eigenvalue weighted by Gasteiger charge is -2.04. The Bertz CT molecular complexity index is 572. The Labute approximate surface area is 130 Å². The second kappa shape index (κ2) is 9.41. The molecule has 1 unspecified atom stereocenters. The van der Waals surface area contributed by atoms with Gasteiger partial charge in [-0.1, -0.05) is 36.4 Å². The van der Waals surface area contributed by atoms with Gasteiger partial charge in [0, 0.05) is 18.3 Å². The van der Waals surface area contributed by atoms with E-state index in [9.17, 15) is 4.79 Å². The maximum absolute atomic E-state index is 10.2. The molecule has 0 radical (unpaired) electrons. The third-order valence-electron chi connectivity index (χ3n) is 2.80. The van der Waals surface area contributed by atoms with Crippen LogP contribution in [-0.4, -0.2) is 29.8 Å². The number of aliphatic hydroxyl groups excluding tert-OH is 1. The van der Waals surface area contributed by atoms with Crippen molar-refractivity contribution in [3.8, 4) is 5.75 Å². The quantitative estimate of drug-likeness (QED) is 0.791. The number of ether oxygens (including phenoxy) is 1. The predicted octanol–water partition coefficient (Wildman–Crippen LogP) is 2.93. The van der Waals surface area contributed by atoms with Gasteiger partial charge in [0.25, 0.3) is 0 Å². The lowest BCUT2D eigenvalue weighted by molar-refractivity contribution is -0.146. The summed E-state index contributed by atoms with van der Waals surface area (Å²) in [5, 5.41) is 20.6. The van der Waals surface area contributed by atoms with Gasteiger partial charge < -0.3 is 20.3 Å². The number of carboxylic acid groups (broad SMARTS) is 1. The molecule has 1 atom stereocenters. The zero-order valence-electron chi connectivity index (χ0n) is 12.7. The molecule has 0 heterocycles. The average Bonchev–Trinajstić information content (AvgIpc) is 2.56. The Hall–Kier alpha value is -2.53. The van der Waals surface area contributed by atoms with Crippen LogP contribution in [-0.2, 0) is 4.79 Å². The molecule has 0 aliphatic rings. The van der Waals surface area contributed by atoms with E-state index in [0.717, 1.165) is 18.0 Å². The van der Waals surface area contributed by atoms with Gasteiger partial charge in [-0.25, -0.2) is 4.79 Å². The smallest absolute Gasteiger partial charge is 0.337 e. The van der Waals surface area contributed by atoms with Gasteiger partial charge in [0.2, 0.25) is 0 Å². The van der Waals surface area contributed by atoms with Crippen molar-refractivity contribution < 1.29 is 19.7 Å². The van der Waals surface area contributed by atoms with E-state index < -0.39 is 12.1 Å². The van der Waals surface area contributed by atoms with E-state index in [4.69, 9.17) is 14.9 Å². The first-order valence-electron chi connectivity index (χ1n) is 6.92. The number of aliphatic carboxylic acids is 1. The molecule has 2 aromatic carbocycles. The summed E-state index contributed by atoms with van der Waals surface area (Å²) in [5.41, 5.74) is 1.51. The highest BCUT2D eigenvalue weighted by Crippen LogP contribution is 2.16. The molecule has 2 rings (SSSR count). The predicted molar refractivity (Wildman–Crippen MR) is 86.2 cm³/mol. The van der Waals surface area contributed by atoms with E-state index in [1.165, 1.54) is 0 Å². The molecule has 0 amide bonds. The van der Waals surface area contributed by atoms with Crippen LogP contribution in [0.4, 0.5) is 5.69 Å². The number of rotatable bonds is 5. The van der Waals surface area contributed by atoms with E-state index >= 15 is 0 Å². The molecular weight excluding hydrogens is 282 g/mol. The number of hydrogen-bond acceptors (Lipinski definition) is 4. The fourth-order valence-corrected chi connectivity index (χ4v) is 1.72. The summed E-state index contributed by atoms with van der Waals surface area (Å²) < 4.78 is 5.06. The number of methoxy groups -OCH3 is 1. The maximum Gasteiger partial charge on any atom is 0.337 e. The summed E-state index contributed by atoms with van der Waals surface area (Å²) in [6.07, 6.45) is -1.41. The molecule has 0 aliphatic carbocycles. The minimum Gasteiger partial charge on any atom is -0.497 e. The Morgan fingerprint density at radius 3 is 2.41 bits per heavy atom. The molecule has 0 fully saturated rings. The minimum atomic E-state index is -1.41. The SMILES string of the molecule is CCNc1cccc(OC)c1.O=C(O)C(O)c1ccccc1. The lowest BCUT2D eigenvalue weighted by atomic mass is 10.1. The van der Waals surface area contributed by atoms with Crippen LogP contribution >= 0.6 is 0 Å². The first-order chi connectivity index (χ1) is 10.6. The van der Waals surface area contributed by atoms with Crippen molar-refractivity contribution in [1.82, 2.24) is 0 Å². The van der Waals surface area contributed by atoms with Crippen LogP contribution in [0.25, 0.3) is 0 Å². The second-order valence-corrected chi connectivity index (χ2v) is 4.41. The molecule has 22 heavy (non-hydrogen) atoms. The highest BCUT2D eigenvalue weighted by Gasteiger charge is 2.14. The topological polar surface area (TPSA) is 78.8 Å². The molecule has 0 aromatic heterocycles. The number of nitrogens with one attached hydrogen (secondary N) is 1. The summed E-state index contributed by atoms with van der Waals surface area (Å²) in [7, 11) is 1.67. The maximum atomic E-state index is 10.2. The Morgan fingerprint density at radius 1 is 1.18 bits per heavy atom. The highest BCUT2D eigenvalue weighted by atomic mass is 16.5. The molecule has 0 aliphatic heterocycles. The number of carboxylic acids is 1. The van der Waals surface area contributed by atoms with Gasteiger partial charge in [0.05, 0.1) is 7.11 Å². The van der Waals surface area contributed by atoms with Crippen molar-refractivity contribution in [3.63, 3.8) is 0 Å². The second-order valence-electron chi connectivity index (χ2n) is 4.41. The molecule has 5 heteroatoms. The van der Waals surface area contributed by atoms with Gasteiger partial charge in [-0.3, -0.25) is 0 Å². The largest absolute Gasteiger partial charge is 0.497 e. The van der Waals surface area contributed by atoms with Crippen molar-refractivity contribution >= 4 is 11.7 Å². The molecule has 5 nitrogen and oxygen atoms in total. The summed E-state index contributed by atoms with van der Waals surface area (Å²) in [6, 6.07) is 16.2. The van der Waals surface area contributed by atoms with Gasteiger partial charge in [-0.2, -0.15) is 0 Å². The van der Waals surface area contributed by atoms with Gasteiger partial charge in [-0.05, 0) is 24.6 Å². The average molecular weight is 303 g/mol. The van der Waals surface area contributed by atoms with Crippen molar-refractivity contribution in [2.45, 2.75) is 13.0 Å². The minimum absolute atomic E-state index is 0.403. The van der Waals surface area contributed by atoms with E-state index in [1.807, 2.05) is 24.3 Å². The third kappa shape index (κ3) is 5.85. The van der Waals surface area contributed by atoms with Crippen LogP contribution < -0.4 is 10.1 Å². The third-order valence-corrected chi connectivity index (χ3v) is 2.80. The highest BCUT2D eigenvalue weighted by molar-refractivity contribution is 5.73. The fourth-order valence-electron chi connectivity index (χ4n) is 1.72. The van der Waals surface area contributed by atoms with Crippen LogP contribution in [0, 0.1) is 0 Å². The molecule has 2 aromatic rings. The normalized spacial score (nSPS) is 10.9. The Kier molecular flexibility index (Phi) is 7.50. The molecule has 0 bridgehead atoms. The standard InChI is InChI=1S/C9H13NO.C8H8O3/c1-3-10-8-5-4-6-9(7-8)11-2;9-7(8(10)11)6-4-2-1-3-5-6/h4-7,10H,3H2,1-2H3;1-5,7,9H,(H,10,11).